The van der Waals surface area contributed by atoms with Gasteiger partial charge in [0.15, 0.2) is 5.88 Å². The molecule has 0 aliphatic carbocycles. The maximum absolute atomic E-state index is 10.0. The molecule has 5 nitrogen and oxygen atoms in total. The summed E-state index contributed by atoms with van der Waals surface area (Å²) in [6.07, 6.45) is 1.25. The van der Waals surface area contributed by atoms with Gasteiger partial charge in [0, 0.05) is 7.05 Å². The van der Waals surface area contributed by atoms with Gasteiger partial charge in [0.05, 0.1) is 17.2 Å². The Morgan fingerprint density at radius 2 is 2.40 bits per heavy atom. The maximum Gasteiger partial charge on any atom is 0.290 e. The molecule has 0 atom stereocenters. The Morgan fingerprint density at radius 3 is 2.60 bits per heavy atom. The summed E-state index contributed by atoms with van der Waals surface area (Å²) in [6, 6.07) is 1.10. The van der Waals surface area contributed by atoms with Gasteiger partial charge in [-0.05, 0) is 0 Å². The molecule has 0 amide bonds. The van der Waals surface area contributed by atoms with Crippen LogP contribution in [-0.2, 0) is 7.05 Å². The first kappa shape index (κ1) is 6.60. The Bertz CT molecular complexity index is 246. The monoisotopic (exact) mass is 142 g/mol. The van der Waals surface area contributed by atoms with Gasteiger partial charge in [-0.1, -0.05) is 0 Å². The van der Waals surface area contributed by atoms with E-state index in [1.165, 1.54) is 17.8 Å². The Hall–Kier alpha value is -1.52. The summed E-state index contributed by atoms with van der Waals surface area (Å²) in [4.78, 5) is 9.49. The number of rotatable bonds is 1. The molecule has 1 rings (SSSR count). The summed E-state index contributed by atoms with van der Waals surface area (Å²) in [5, 5.41) is 18.9. The van der Waals surface area contributed by atoms with E-state index >= 15 is 0 Å². The van der Waals surface area contributed by atoms with Crippen LogP contribution in [0.4, 0.5) is 5.69 Å². The molecule has 10 heavy (non-hydrogen) atoms. The minimum absolute atomic E-state index is 0.0972. The lowest BCUT2D eigenvalue weighted by atomic mass is 10.5. The molecule has 0 unspecified atom stereocenters. The highest BCUT2D eigenvalue weighted by Crippen LogP contribution is 2.19. The molecule has 0 radical (unpaired) electrons. The van der Waals surface area contributed by atoms with Crippen LogP contribution in [0.2, 0.25) is 0 Å². The van der Waals surface area contributed by atoms with Crippen molar-refractivity contribution in [1.82, 2.24) is 4.57 Å². The molecule has 0 aliphatic heterocycles. The first-order chi connectivity index (χ1) is 4.61. The van der Waals surface area contributed by atoms with Gasteiger partial charge in [0.2, 0.25) is 0 Å². The van der Waals surface area contributed by atoms with Crippen LogP contribution in [0.5, 0.6) is 5.88 Å². The van der Waals surface area contributed by atoms with E-state index in [0.29, 0.717) is 0 Å². The zero-order chi connectivity index (χ0) is 7.72. The molecule has 0 bridgehead atoms. The third-order valence-corrected chi connectivity index (χ3v) is 1.18. The molecular weight excluding hydrogens is 136 g/mol. The van der Waals surface area contributed by atoms with E-state index in [4.69, 9.17) is 5.11 Å². The molecule has 1 N–H and O–H groups in total. The highest BCUT2D eigenvalue weighted by molar-refractivity contribution is 5.33. The minimum Gasteiger partial charge on any atom is -0.494 e. The average molecular weight is 142 g/mol. The first-order valence-electron chi connectivity index (χ1n) is 2.61. The molecule has 5 heteroatoms. The van der Waals surface area contributed by atoms with Gasteiger partial charge in [0.25, 0.3) is 5.69 Å². The third kappa shape index (κ3) is 0.928. The van der Waals surface area contributed by atoms with Crippen LogP contribution in [0.25, 0.3) is 0 Å². The van der Waals surface area contributed by atoms with Crippen molar-refractivity contribution < 1.29 is 10.0 Å². The lowest BCUT2D eigenvalue weighted by molar-refractivity contribution is -0.384. The van der Waals surface area contributed by atoms with E-state index in [9.17, 15) is 10.1 Å². The van der Waals surface area contributed by atoms with Crippen molar-refractivity contribution in [2.75, 3.05) is 0 Å². The molecule has 1 heterocycles. The topological polar surface area (TPSA) is 68.3 Å². The van der Waals surface area contributed by atoms with Crippen LogP contribution < -0.4 is 0 Å². The fraction of sp³-hybridized carbons (Fsp3) is 0.200. The van der Waals surface area contributed by atoms with Crippen LogP contribution in [0.3, 0.4) is 0 Å². The van der Waals surface area contributed by atoms with Crippen molar-refractivity contribution in [2.24, 2.45) is 7.05 Å². The van der Waals surface area contributed by atoms with Crippen LogP contribution in [-0.4, -0.2) is 14.6 Å². The lowest BCUT2D eigenvalue weighted by Crippen LogP contribution is -1.84. The van der Waals surface area contributed by atoms with E-state index in [1.807, 2.05) is 0 Å². The second kappa shape index (κ2) is 2.02. The van der Waals surface area contributed by atoms with E-state index in [2.05, 4.69) is 0 Å². The number of aromatic nitrogens is 1. The molecule has 0 saturated carbocycles. The van der Waals surface area contributed by atoms with Crippen molar-refractivity contribution in [3.05, 3.63) is 22.4 Å². The highest BCUT2D eigenvalue weighted by atomic mass is 16.6. The van der Waals surface area contributed by atoms with Gasteiger partial charge < -0.3 is 9.67 Å². The molecule has 0 spiro atoms. The lowest BCUT2D eigenvalue weighted by Gasteiger charge is -1.87. The van der Waals surface area contributed by atoms with Crippen LogP contribution in [0, 0.1) is 10.1 Å². The molecular formula is C5H6N2O3. The van der Waals surface area contributed by atoms with Gasteiger partial charge in [-0.3, -0.25) is 10.1 Å². The summed E-state index contributed by atoms with van der Waals surface area (Å²) in [5.41, 5.74) is -0.0972. The molecule has 0 fully saturated rings. The second-order valence-corrected chi connectivity index (χ2v) is 1.92. The normalized spacial score (nSPS) is 9.70. The second-order valence-electron chi connectivity index (χ2n) is 1.92. The van der Waals surface area contributed by atoms with Gasteiger partial charge in [0.1, 0.15) is 0 Å². The van der Waals surface area contributed by atoms with Gasteiger partial charge in [-0.25, -0.2) is 0 Å². The third-order valence-electron chi connectivity index (χ3n) is 1.18. The number of nitrogens with zero attached hydrogens (tertiary/aromatic N) is 2. The number of nitro groups is 1. The van der Waals surface area contributed by atoms with Crippen molar-refractivity contribution in [3.8, 4) is 5.88 Å². The predicted octanol–water partition coefficient (Wildman–Crippen LogP) is 0.639. The summed E-state index contributed by atoms with van der Waals surface area (Å²) in [6.45, 7) is 0. The van der Waals surface area contributed by atoms with Gasteiger partial charge >= 0.3 is 0 Å². The van der Waals surface area contributed by atoms with Crippen molar-refractivity contribution >= 4 is 5.69 Å². The zero-order valence-electron chi connectivity index (χ0n) is 5.31. The Morgan fingerprint density at radius 1 is 1.80 bits per heavy atom. The summed E-state index contributed by atoms with van der Waals surface area (Å²) >= 11 is 0. The standard InChI is InChI=1S/C5H6N2O3/c1-6-3-4(7(9)10)2-5(6)8/h2-3,8H,1H3. The number of aromatic hydroxyl groups is 1. The van der Waals surface area contributed by atoms with E-state index in [1.54, 1.807) is 0 Å². The summed E-state index contributed by atoms with van der Waals surface area (Å²) in [5.74, 6) is -0.105. The van der Waals surface area contributed by atoms with Crippen LogP contribution in [0.1, 0.15) is 0 Å². The predicted molar refractivity (Wildman–Crippen MR) is 33.7 cm³/mol. The van der Waals surface area contributed by atoms with Crippen LogP contribution >= 0.6 is 0 Å². The van der Waals surface area contributed by atoms with Gasteiger partial charge in [-0.2, -0.15) is 0 Å². The molecule has 54 valence electrons. The average Bonchev–Trinajstić information content (AvgIpc) is 2.13. The van der Waals surface area contributed by atoms with E-state index in [-0.39, 0.29) is 11.6 Å². The number of hydrogen-bond donors (Lipinski definition) is 1. The fourth-order valence-electron chi connectivity index (χ4n) is 0.636. The number of aryl methyl sites for hydroxylation is 1. The minimum atomic E-state index is -0.556. The highest BCUT2D eigenvalue weighted by Gasteiger charge is 2.09. The van der Waals surface area contributed by atoms with E-state index < -0.39 is 4.92 Å². The molecule has 0 saturated heterocycles. The maximum atomic E-state index is 10.0. The Balaban J connectivity index is 3.10. The van der Waals surface area contributed by atoms with Crippen molar-refractivity contribution in [1.29, 1.82) is 0 Å². The fourth-order valence-corrected chi connectivity index (χ4v) is 0.636. The van der Waals surface area contributed by atoms with Crippen molar-refractivity contribution in [2.45, 2.75) is 0 Å². The molecule has 1 aromatic heterocycles. The largest absolute Gasteiger partial charge is 0.494 e. The molecule has 0 aliphatic rings. The van der Waals surface area contributed by atoms with Crippen molar-refractivity contribution in [3.63, 3.8) is 0 Å². The SMILES string of the molecule is Cn1cc([N+](=O)[O-])cc1O. The summed E-state index contributed by atoms with van der Waals surface area (Å²) < 4.78 is 1.28. The molecule has 0 aromatic carbocycles. The smallest absolute Gasteiger partial charge is 0.290 e. The first-order valence-corrected chi connectivity index (χ1v) is 2.61. The number of hydrogen-bond acceptors (Lipinski definition) is 3. The van der Waals surface area contributed by atoms with Gasteiger partial charge in [-0.15, -0.1) is 0 Å². The zero-order valence-corrected chi connectivity index (χ0v) is 5.31. The van der Waals surface area contributed by atoms with Crippen LogP contribution in [0.15, 0.2) is 12.3 Å². The molecule has 1 aromatic rings. The summed E-state index contributed by atoms with van der Waals surface area (Å²) in [7, 11) is 1.53. The quantitative estimate of drug-likeness (QED) is 0.462. The van der Waals surface area contributed by atoms with E-state index in [0.717, 1.165) is 6.07 Å². The Kier molecular flexibility index (Phi) is 1.33. The Labute approximate surface area is 56.7 Å².